The van der Waals surface area contributed by atoms with E-state index in [0.29, 0.717) is 11.5 Å². The number of fused-ring (bicyclic) bond motifs is 1. The molecule has 4 aromatic rings. The second-order valence-electron chi connectivity index (χ2n) is 5.27. The molecule has 0 bridgehead atoms. The molecule has 0 atom stereocenters. The van der Waals surface area contributed by atoms with Crippen molar-refractivity contribution >= 4 is 28.9 Å². The third-order valence-electron chi connectivity index (χ3n) is 3.79. The molecule has 0 spiro atoms. The quantitative estimate of drug-likeness (QED) is 0.503. The number of H-pyrrole nitrogens is 1. The Morgan fingerprint density at radius 1 is 1.25 bits per heavy atom. The van der Waals surface area contributed by atoms with E-state index in [1.54, 1.807) is 24.7 Å². The molecule has 3 aromatic heterocycles. The number of rotatable bonds is 4. The number of hydrogen-bond acceptors (Lipinski definition) is 5. The summed E-state index contributed by atoms with van der Waals surface area (Å²) in [5.74, 6) is 0.659. The molecule has 0 aliphatic carbocycles. The summed E-state index contributed by atoms with van der Waals surface area (Å²) in [5, 5.41) is 10.1. The minimum Gasteiger partial charge on any atom is -0.398 e. The molecule has 0 amide bonds. The first-order valence-corrected chi connectivity index (χ1v) is 7.36. The Hall–Kier alpha value is -3.61. The van der Waals surface area contributed by atoms with Crippen molar-refractivity contribution in [1.82, 2.24) is 24.6 Å². The Bertz CT molecular complexity index is 1010. The number of nitrogens with zero attached hydrogens (tertiary/aromatic N) is 4. The zero-order chi connectivity index (χ0) is 16.5. The summed E-state index contributed by atoms with van der Waals surface area (Å²) >= 11 is 0. The van der Waals surface area contributed by atoms with Gasteiger partial charge in [-0.3, -0.25) is 9.50 Å². The lowest BCUT2D eigenvalue weighted by molar-refractivity contribution is 1.09. The SMILES string of the molecule is C=Cc1cc(Nc2nccn3c(-c4cn[nH]c4)cnc23)ccc1N. The van der Waals surface area contributed by atoms with Crippen LogP contribution in [0.2, 0.25) is 0 Å². The van der Waals surface area contributed by atoms with Crippen molar-refractivity contribution in [1.29, 1.82) is 0 Å². The van der Waals surface area contributed by atoms with Crippen LogP contribution in [-0.4, -0.2) is 24.6 Å². The van der Waals surface area contributed by atoms with E-state index in [1.807, 2.05) is 35.0 Å². The standard InChI is InChI=1S/C17H15N7/c1-2-11-7-13(3-4-14(11)18)23-16-17-20-10-15(12-8-21-22-9-12)24(17)6-5-19-16/h2-10H,1,18H2,(H,19,23)(H,21,22). The number of aromatic amines is 1. The van der Waals surface area contributed by atoms with Gasteiger partial charge in [0.1, 0.15) is 0 Å². The zero-order valence-electron chi connectivity index (χ0n) is 12.8. The molecule has 118 valence electrons. The molecule has 4 rings (SSSR count). The number of nitrogen functional groups attached to an aromatic ring is 1. The Morgan fingerprint density at radius 2 is 2.17 bits per heavy atom. The molecular formula is C17H15N7. The summed E-state index contributed by atoms with van der Waals surface area (Å²) in [7, 11) is 0. The topological polar surface area (TPSA) is 96.9 Å². The highest BCUT2D eigenvalue weighted by Gasteiger charge is 2.11. The highest BCUT2D eigenvalue weighted by molar-refractivity contribution is 5.76. The first kappa shape index (κ1) is 14.0. The molecule has 7 nitrogen and oxygen atoms in total. The average molecular weight is 317 g/mol. The second kappa shape index (κ2) is 5.54. The molecule has 3 heterocycles. The minimum absolute atomic E-state index is 0.659. The predicted octanol–water partition coefficient (Wildman–Crippen LogP) is 3.09. The first-order valence-electron chi connectivity index (χ1n) is 7.36. The summed E-state index contributed by atoms with van der Waals surface area (Å²) in [6, 6.07) is 5.66. The van der Waals surface area contributed by atoms with Crippen LogP contribution in [0, 0.1) is 0 Å². The van der Waals surface area contributed by atoms with Gasteiger partial charge in [0.15, 0.2) is 11.5 Å². The molecule has 1 aromatic carbocycles. The van der Waals surface area contributed by atoms with Crippen LogP contribution >= 0.6 is 0 Å². The lowest BCUT2D eigenvalue weighted by atomic mass is 10.1. The van der Waals surface area contributed by atoms with Gasteiger partial charge < -0.3 is 11.1 Å². The minimum atomic E-state index is 0.659. The van der Waals surface area contributed by atoms with E-state index in [9.17, 15) is 0 Å². The molecule has 0 radical (unpaired) electrons. The van der Waals surface area contributed by atoms with Crippen molar-refractivity contribution in [2.45, 2.75) is 0 Å². The Balaban J connectivity index is 1.76. The van der Waals surface area contributed by atoms with E-state index >= 15 is 0 Å². The number of imidazole rings is 1. The molecule has 7 heteroatoms. The fraction of sp³-hybridized carbons (Fsp3) is 0. The van der Waals surface area contributed by atoms with E-state index in [4.69, 9.17) is 5.73 Å². The third-order valence-corrected chi connectivity index (χ3v) is 3.79. The van der Waals surface area contributed by atoms with Gasteiger partial charge in [0.25, 0.3) is 0 Å². The van der Waals surface area contributed by atoms with Gasteiger partial charge in [0.2, 0.25) is 0 Å². The Labute approximate surface area is 137 Å². The van der Waals surface area contributed by atoms with Gasteiger partial charge in [-0.05, 0) is 23.8 Å². The lowest BCUT2D eigenvalue weighted by Crippen LogP contribution is -1.99. The first-order chi connectivity index (χ1) is 11.8. The van der Waals surface area contributed by atoms with Crippen LogP contribution in [0.5, 0.6) is 0 Å². The third kappa shape index (κ3) is 2.28. The van der Waals surface area contributed by atoms with Crippen molar-refractivity contribution in [3.63, 3.8) is 0 Å². The Morgan fingerprint density at radius 3 is 2.96 bits per heavy atom. The van der Waals surface area contributed by atoms with Crippen molar-refractivity contribution in [3.8, 4) is 11.3 Å². The lowest BCUT2D eigenvalue weighted by Gasteiger charge is -2.09. The van der Waals surface area contributed by atoms with Crippen LogP contribution in [0.4, 0.5) is 17.2 Å². The largest absolute Gasteiger partial charge is 0.398 e. The summed E-state index contributed by atoms with van der Waals surface area (Å²) in [4.78, 5) is 8.88. The number of anilines is 3. The maximum atomic E-state index is 5.90. The highest BCUT2D eigenvalue weighted by atomic mass is 15.1. The fourth-order valence-corrected chi connectivity index (χ4v) is 2.58. The van der Waals surface area contributed by atoms with Gasteiger partial charge >= 0.3 is 0 Å². The molecule has 0 fully saturated rings. The number of benzene rings is 1. The van der Waals surface area contributed by atoms with E-state index in [-0.39, 0.29) is 0 Å². The van der Waals surface area contributed by atoms with Crippen LogP contribution in [0.25, 0.3) is 23.0 Å². The van der Waals surface area contributed by atoms with Gasteiger partial charge in [-0.2, -0.15) is 5.10 Å². The van der Waals surface area contributed by atoms with Crippen molar-refractivity contribution in [3.05, 3.63) is 61.3 Å². The zero-order valence-corrected chi connectivity index (χ0v) is 12.8. The van der Waals surface area contributed by atoms with Crippen molar-refractivity contribution in [2.24, 2.45) is 0 Å². The molecule has 0 saturated heterocycles. The van der Waals surface area contributed by atoms with Crippen LogP contribution < -0.4 is 11.1 Å². The maximum Gasteiger partial charge on any atom is 0.180 e. The molecule has 0 aliphatic rings. The van der Waals surface area contributed by atoms with Crippen LogP contribution in [0.15, 0.2) is 55.8 Å². The second-order valence-corrected chi connectivity index (χ2v) is 5.27. The summed E-state index contributed by atoms with van der Waals surface area (Å²) < 4.78 is 1.96. The summed E-state index contributed by atoms with van der Waals surface area (Å²) in [6.07, 6.45) is 10.7. The van der Waals surface area contributed by atoms with Crippen LogP contribution in [-0.2, 0) is 0 Å². The number of nitrogens with two attached hydrogens (primary N) is 1. The average Bonchev–Trinajstić information content (AvgIpc) is 3.25. The molecule has 0 unspecified atom stereocenters. The number of nitrogens with one attached hydrogen (secondary N) is 2. The smallest absolute Gasteiger partial charge is 0.180 e. The molecule has 24 heavy (non-hydrogen) atoms. The van der Waals surface area contributed by atoms with Gasteiger partial charge in [-0.25, -0.2) is 9.97 Å². The van der Waals surface area contributed by atoms with Crippen molar-refractivity contribution in [2.75, 3.05) is 11.1 Å². The van der Waals surface area contributed by atoms with Crippen LogP contribution in [0.3, 0.4) is 0 Å². The van der Waals surface area contributed by atoms with Crippen LogP contribution in [0.1, 0.15) is 5.56 Å². The molecular weight excluding hydrogens is 302 g/mol. The van der Waals surface area contributed by atoms with E-state index in [1.165, 1.54) is 0 Å². The normalized spacial score (nSPS) is 10.8. The highest BCUT2D eigenvalue weighted by Crippen LogP contribution is 2.26. The maximum absolute atomic E-state index is 5.90. The van der Waals surface area contributed by atoms with E-state index in [0.717, 1.165) is 28.2 Å². The monoisotopic (exact) mass is 317 g/mol. The Kier molecular flexibility index (Phi) is 3.24. The molecule has 0 aliphatic heterocycles. The fourth-order valence-electron chi connectivity index (χ4n) is 2.58. The van der Waals surface area contributed by atoms with Gasteiger partial charge in [-0.1, -0.05) is 12.7 Å². The number of hydrogen-bond donors (Lipinski definition) is 3. The number of aromatic nitrogens is 5. The molecule has 0 saturated carbocycles. The van der Waals surface area contributed by atoms with Crippen molar-refractivity contribution < 1.29 is 0 Å². The van der Waals surface area contributed by atoms with Gasteiger partial charge in [0.05, 0.1) is 18.1 Å². The van der Waals surface area contributed by atoms with E-state index < -0.39 is 0 Å². The summed E-state index contributed by atoms with van der Waals surface area (Å²) in [5.41, 5.74) is 10.9. The molecule has 4 N–H and O–H groups in total. The predicted molar refractivity (Wildman–Crippen MR) is 94.8 cm³/mol. The van der Waals surface area contributed by atoms with E-state index in [2.05, 4.69) is 32.1 Å². The van der Waals surface area contributed by atoms with Gasteiger partial charge in [0, 0.05) is 35.5 Å². The summed E-state index contributed by atoms with van der Waals surface area (Å²) in [6.45, 7) is 3.77. The van der Waals surface area contributed by atoms with Gasteiger partial charge in [-0.15, -0.1) is 0 Å².